The van der Waals surface area contributed by atoms with Gasteiger partial charge in [-0.3, -0.25) is 0 Å². The summed E-state index contributed by atoms with van der Waals surface area (Å²) in [5.74, 6) is 0.746. The van der Waals surface area contributed by atoms with Gasteiger partial charge in [-0.2, -0.15) is 0 Å². The van der Waals surface area contributed by atoms with Crippen molar-refractivity contribution >= 4 is 21.8 Å². The summed E-state index contributed by atoms with van der Waals surface area (Å²) in [6.07, 6.45) is 0. The molecule has 1 aromatic carbocycles. The molecule has 0 aliphatic rings. The first kappa shape index (κ1) is 15.8. The zero-order valence-corrected chi connectivity index (χ0v) is 12.9. The molecule has 0 aliphatic carbocycles. The minimum atomic E-state index is -0.170. The van der Waals surface area contributed by atoms with Crippen LogP contribution in [0, 0.1) is 0 Å². The molecule has 19 heavy (non-hydrogen) atoms. The highest BCUT2D eigenvalue weighted by atomic mass is 79.9. The fraction of sp³-hybridized carbons (Fsp3) is 0.462. The number of amidine groups is 1. The molecule has 0 bridgehead atoms. The summed E-state index contributed by atoms with van der Waals surface area (Å²) >= 11 is 3.38. The predicted molar refractivity (Wildman–Crippen MR) is 77.9 cm³/mol. The Hall–Kier alpha value is -1.27. The molecule has 0 saturated carbocycles. The fourth-order valence-corrected chi connectivity index (χ4v) is 1.83. The molecule has 0 saturated heterocycles. The Morgan fingerprint density at radius 3 is 2.58 bits per heavy atom. The second-order valence-corrected chi connectivity index (χ2v) is 5.79. The maximum absolute atomic E-state index is 8.60. The van der Waals surface area contributed by atoms with Crippen molar-refractivity contribution < 1.29 is 14.7 Å². The average molecular weight is 331 g/mol. The van der Waals surface area contributed by atoms with Crippen LogP contribution in [0.5, 0.6) is 5.75 Å². The fourth-order valence-electron chi connectivity index (χ4n) is 1.33. The molecule has 3 N–H and O–H groups in total. The molecule has 0 fully saturated rings. The van der Waals surface area contributed by atoms with Gasteiger partial charge in [0.15, 0.2) is 5.84 Å². The predicted octanol–water partition coefficient (Wildman–Crippen LogP) is 2.74. The number of ether oxygens (including phenoxy) is 2. The van der Waals surface area contributed by atoms with Gasteiger partial charge in [0.1, 0.15) is 12.4 Å². The summed E-state index contributed by atoms with van der Waals surface area (Å²) in [5.41, 5.74) is 5.95. The number of halogens is 1. The Balaban J connectivity index is 2.56. The van der Waals surface area contributed by atoms with Gasteiger partial charge in [-0.05, 0) is 54.9 Å². The van der Waals surface area contributed by atoms with Crippen molar-refractivity contribution in [2.45, 2.75) is 26.4 Å². The lowest BCUT2D eigenvalue weighted by molar-refractivity contribution is -0.0163. The van der Waals surface area contributed by atoms with Gasteiger partial charge in [0.25, 0.3) is 0 Å². The van der Waals surface area contributed by atoms with Crippen LogP contribution in [-0.2, 0) is 4.74 Å². The molecule has 0 heterocycles. The smallest absolute Gasteiger partial charge is 0.170 e. The topological polar surface area (TPSA) is 77.1 Å². The molecule has 5 nitrogen and oxygen atoms in total. The van der Waals surface area contributed by atoms with E-state index in [9.17, 15) is 0 Å². The van der Waals surface area contributed by atoms with Crippen LogP contribution in [0.2, 0.25) is 0 Å². The SMILES string of the molecule is CC(C)(C)OCCOc1ccc(/C(N)=N/O)cc1Br. The van der Waals surface area contributed by atoms with Crippen LogP contribution in [-0.4, -0.2) is 29.9 Å². The third kappa shape index (κ3) is 5.48. The lowest BCUT2D eigenvalue weighted by Gasteiger charge is -2.19. The maximum atomic E-state index is 8.60. The summed E-state index contributed by atoms with van der Waals surface area (Å²) in [6.45, 7) is 6.95. The highest BCUT2D eigenvalue weighted by Crippen LogP contribution is 2.26. The zero-order chi connectivity index (χ0) is 14.5. The van der Waals surface area contributed by atoms with Crippen molar-refractivity contribution in [1.29, 1.82) is 0 Å². The highest BCUT2D eigenvalue weighted by molar-refractivity contribution is 9.10. The minimum Gasteiger partial charge on any atom is -0.490 e. The van der Waals surface area contributed by atoms with Crippen molar-refractivity contribution in [2.75, 3.05) is 13.2 Å². The lowest BCUT2D eigenvalue weighted by Crippen LogP contribution is -2.22. The van der Waals surface area contributed by atoms with Crippen LogP contribution in [0.3, 0.4) is 0 Å². The van der Waals surface area contributed by atoms with Crippen molar-refractivity contribution in [3.63, 3.8) is 0 Å². The quantitative estimate of drug-likeness (QED) is 0.286. The number of nitrogens with zero attached hydrogens (tertiary/aromatic N) is 1. The van der Waals surface area contributed by atoms with E-state index in [0.29, 0.717) is 24.5 Å². The number of oxime groups is 1. The minimum absolute atomic E-state index is 0.0586. The molecule has 106 valence electrons. The molecule has 1 aromatic rings. The first-order valence-corrected chi connectivity index (χ1v) is 6.67. The normalized spacial score (nSPS) is 12.5. The molecular formula is C13H19BrN2O3. The number of benzene rings is 1. The van der Waals surface area contributed by atoms with E-state index in [-0.39, 0.29) is 11.4 Å². The van der Waals surface area contributed by atoms with Crippen LogP contribution in [0.25, 0.3) is 0 Å². The molecule has 6 heteroatoms. The molecule has 0 radical (unpaired) electrons. The Labute approximate surface area is 121 Å². The molecule has 0 atom stereocenters. The average Bonchev–Trinajstić information content (AvgIpc) is 2.33. The maximum Gasteiger partial charge on any atom is 0.170 e. The number of hydrogen-bond acceptors (Lipinski definition) is 4. The van der Waals surface area contributed by atoms with Gasteiger partial charge < -0.3 is 20.4 Å². The molecule has 0 aromatic heterocycles. The van der Waals surface area contributed by atoms with Gasteiger partial charge in [-0.1, -0.05) is 5.16 Å². The van der Waals surface area contributed by atoms with Crippen LogP contribution in [0.4, 0.5) is 0 Å². The van der Waals surface area contributed by atoms with Crippen LogP contribution < -0.4 is 10.5 Å². The van der Waals surface area contributed by atoms with Gasteiger partial charge >= 0.3 is 0 Å². The first-order valence-electron chi connectivity index (χ1n) is 5.87. The van der Waals surface area contributed by atoms with Gasteiger partial charge in [-0.25, -0.2) is 0 Å². The lowest BCUT2D eigenvalue weighted by atomic mass is 10.2. The Morgan fingerprint density at radius 1 is 1.37 bits per heavy atom. The number of rotatable bonds is 5. The molecule has 0 amide bonds. The van der Waals surface area contributed by atoms with Crippen LogP contribution >= 0.6 is 15.9 Å². The summed E-state index contributed by atoms with van der Waals surface area (Å²) in [5, 5.41) is 11.5. The molecular weight excluding hydrogens is 312 g/mol. The standard InChI is InChI=1S/C13H19BrN2O3/c1-13(2,3)19-7-6-18-11-5-4-9(8-10(11)14)12(15)16-17/h4-5,8,17H,6-7H2,1-3H3,(H2,15,16). The third-order valence-corrected chi connectivity index (χ3v) is 2.83. The van der Waals surface area contributed by atoms with Gasteiger partial charge in [-0.15, -0.1) is 0 Å². The van der Waals surface area contributed by atoms with Crippen molar-refractivity contribution in [1.82, 2.24) is 0 Å². The number of hydrogen-bond donors (Lipinski definition) is 2. The van der Waals surface area contributed by atoms with E-state index in [1.807, 2.05) is 20.8 Å². The van der Waals surface area contributed by atoms with E-state index in [1.165, 1.54) is 0 Å². The molecule has 1 rings (SSSR count). The van der Waals surface area contributed by atoms with E-state index in [0.717, 1.165) is 4.47 Å². The first-order chi connectivity index (χ1) is 8.83. The van der Waals surface area contributed by atoms with Crippen LogP contribution in [0.1, 0.15) is 26.3 Å². The largest absolute Gasteiger partial charge is 0.490 e. The van der Waals surface area contributed by atoms with Gasteiger partial charge in [0.05, 0.1) is 16.7 Å². The molecule has 0 spiro atoms. The summed E-state index contributed by atoms with van der Waals surface area (Å²) in [6, 6.07) is 5.21. The van der Waals surface area contributed by atoms with E-state index in [1.54, 1.807) is 18.2 Å². The molecule has 0 aliphatic heterocycles. The van der Waals surface area contributed by atoms with Crippen molar-refractivity contribution in [3.05, 3.63) is 28.2 Å². The van der Waals surface area contributed by atoms with Gasteiger partial charge in [0, 0.05) is 5.56 Å². The second-order valence-electron chi connectivity index (χ2n) is 4.94. The summed E-state index contributed by atoms with van der Waals surface area (Å²) < 4.78 is 11.9. The Morgan fingerprint density at radius 2 is 2.05 bits per heavy atom. The highest BCUT2D eigenvalue weighted by Gasteiger charge is 2.10. The molecule has 0 unspecified atom stereocenters. The van der Waals surface area contributed by atoms with E-state index >= 15 is 0 Å². The zero-order valence-electron chi connectivity index (χ0n) is 11.3. The summed E-state index contributed by atoms with van der Waals surface area (Å²) in [7, 11) is 0. The van der Waals surface area contributed by atoms with E-state index in [2.05, 4.69) is 21.1 Å². The monoisotopic (exact) mass is 330 g/mol. The number of nitrogens with two attached hydrogens (primary N) is 1. The van der Waals surface area contributed by atoms with E-state index < -0.39 is 0 Å². The third-order valence-electron chi connectivity index (χ3n) is 2.21. The summed E-state index contributed by atoms with van der Waals surface area (Å²) in [4.78, 5) is 0. The second kappa shape index (κ2) is 6.77. The van der Waals surface area contributed by atoms with Crippen LogP contribution in [0.15, 0.2) is 27.8 Å². The van der Waals surface area contributed by atoms with Gasteiger partial charge in [0.2, 0.25) is 0 Å². The Bertz CT molecular complexity index is 456. The van der Waals surface area contributed by atoms with E-state index in [4.69, 9.17) is 20.4 Å². The van der Waals surface area contributed by atoms with Crippen molar-refractivity contribution in [2.24, 2.45) is 10.9 Å². The van der Waals surface area contributed by atoms with Crippen molar-refractivity contribution in [3.8, 4) is 5.75 Å². The Kier molecular flexibility index (Phi) is 5.62.